The summed E-state index contributed by atoms with van der Waals surface area (Å²) in [5.74, 6) is 0.525. The first kappa shape index (κ1) is 19.2. The highest BCUT2D eigenvalue weighted by Gasteiger charge is 2.38. The second-order valence-corrected chi connectivity index (χ2v) is 8.77. The van der Waals surface area contributed by atoms with Crippen LogP contribution in [-0.4, -0.2) is 71.2 Å². The Hall–Kier alpha value is -2.83. The molecule has 0 radical (unpaired) electrons. The van der Waals surface area contributed by atoms with Gasteiger partial charge in [0.25, 0.3) is 5.91 Å². The monoisotopic (exact) mass is 423 g/mol. The number of rotatable bonds is 4. The Morgan fingerprint density at radius 3 is 2.87 bits per heavy atom. The number of carbonyl (C=O) groups excluding carboxylic acids is 2. The fourth-order valence-electron chi connectivity index (χ4n) is 4.24. The van der Waals surface area contributed by atoms with Gasteiger partial charge in [0.15, 0.2) is 0 Å². The van der Waals surface area contributed by atoms with Crippen LogP contribution in [0.15, 0.2) is 30.5 Å². The minimum atomic E-state index is -0.427. The van der Waals surface area contributed by atoms with Crippen molar-refractivity contribution in [3.63, 3.8) is 0 Å². The molecule has 154 valence electrons. The molecule has 4 fully saturated rings. The number of anilines is 1. The summed E-state index contributed by atoms with van der Waals surface area (Å²) < 4.78 is 5.71. The van der Waals surface area contributed by atoms with E-state index in [1.54, 1.807) is 24.0 Å². The fraction of sp³-hybridized carbons (Fsp3) is 0.429. The Morgan fingerprint density at radius 2 is 2.10 bits per heavy atom. The van der Waals surface area contributed by atoms with Crippen molar-refractivity contribution >= 4 is 40.2 Å². The fourth-order valence-corrected chi connectivity index (χ4v) is 5.35. The second kappa shape index (κ2) is 7.78. The largest absolute Gasteiger partial charge is 0.371 e. The quantitative estimate of drug-likeness (QED) is 0.793. The first-order valence-corrected chi connectivity index (χ1v) is 11.1. The van der Waals surface area contributed by atoms with Crippen molar-refractivity contribution in [2.45, 2.75) is 24.7 Å². The van der Waals surface area contributed by atoms with Gasteiger partial charge in [-0.2, -0.15) is 5.26 Å². The van der Waals surface area contributed by atoms with Gasteiger partial charge in [-0.15, -0.1) is 11.8 Å². The van der Waals surface area contributed by atoms with Crippen LogP contribution in [0.25, 0.3) is 10.9 Å². The lowest BCUT2D eigenvalue weighted by atomic mass is 9.97. The van der Waals surface area contributed by atoms with Gasteiger partial charge in [-0.05, 0) is 24.3 Å². The minimum Gasteiger partial charge on any atom is -0.371 e. The topological polar surface area (TPSA) is 98.6 Å². The van der Waals surface area contributed by atoms with Crippen LogP contribution in [0.4, 0.5) is 5.69 Å². The zero-order valence-corrected chi connectivity index (χ0v) is 17.1. The van der Waals surface area contributed by atoms with Gasteiger partial charge in [-0.1, -0.05) is 0 Å². The van der Waals surface area contributed by atoms with Crippen molar-refractivity contribution in [1.29, 1.82) is 5.26 Å². The van der Waals surface area contributed by atoms with Crippen molar-refractivity contribution in [3.05, 3.63) is 36.0 Å². The van der Waals surface area contributed by atoms with Crippen molar-refractivity contribution in [2.75, 3.05) is 36.2 Å². The zero-order valence-electron chi connectivity index (χ0n) is 16.3. The molecule has 1 N–H and O–H groups in total. The summed E-state index contributed by atoms with van der Waals surface area (Å²) in [6.07, 6.45) is 3.31. The van der Waals surface area contributed by atoms with E-state index in [1.165, 1.54) is 4.90 Å². The Kier molecular flexibility index (Phi) is 4.97. The molecule has 4 aliphatic heterocycles. The van der Waals surface area contributed by atoms with E-state index in [0.717, 1.165) is 36.1 Å². The van der Waals surface area contributed by atoms with Crippen LogP contribution in [-0.2, 0) is 9.53 Å². The number of morpholine rings is 1. The minimum absolute atomic E-state index is 0.131. The van der Waals surface area contributed by atoms with E-state index in [0.29, 0.717) is 29.4 Å². The molecule has 9 heteroatoms. The Labute approximate surface area is 178 Å². The highest BCUT2D eigenvalue weighted by atomic mass is 32.2. The van der Waals surface area contributed by atoms with Crippen molar-refractivity contribution in [2.24, 2.45) is 0 Å². The van der Waals surface area contributed by atoms with Gasteiger partial charge in [0.05, 0.1) is 41.8 Å². The van der Waals surface area contributed by atoms with Crippen molar-refractivity contribution in [3.8, 4) is 6.07 Å². The molecule has 5 heterocycles. The zero-order chi connectivity index (χ0) is 20.7. The number of nitrogens with zero attached hydrogens (tertiary/aromatic N) is 4. The molecular weight excluding hydrogens is 402 g/mol. The summed E-state index contributed by atoms with van der Waals surface area (Å²) in [5, 5.41) is 12.6. The van der Waals surface area contributed by atoms with Gasteiger partial charge >= 0.3 is 0 Å². The number of benzene rings is 1. The number of fused-ring (bicyclic) bond motifs is 3. The summed E-state index contributed by atoms with van der Waals surface area (Å²) in [6.45, 7) is 1.58. The number of hydrogen-bond donors (Lipinski definition) is 1. The Morgan fingerprint density at radius 1 is 1.30 bits per heavy atom. The predicted molar refractivity (Wildman–Crippen MR) is 113 cm³/mol. The van der Waals surface area contributed by atoms with Gasteiger partial charge in [-0.25, -0.2) is 0 Å². The number of carbonyl (C=O) groups is 2. The van der Waals surface area contributed by atoms with Crippen LogP contribution in [0, 0.1) is 11.3 Å². The average Bonchev–Trinajstić information content (AvgIpc) is 3.25. The summed E-state index contributed by atoms with van der Waals surface area (Å²) in [6, 6.07) is 9.32. The molecule has 2 amide bonds. The molecule has 1 aromatic carbocycles. The van der Waals surface area contributed by atoms with E-state index in [-0.39, 0.29) is 18.4 Å². The van der Waals surface area contributed by atoms with E-state index in [9.17, 15) is 9.59 Å². The maximum Gasteiger partial charge on any atom is 0.252 e. The van der Waals surface area contributed by atoms with Crippen LogP contribution < -0.4 is 10.2 Å². The second-order valence-electron chi connectivity index (χ2n) is 7.77. The summed E-state index contributed by atoms with van der Waals surface area (Å²) in [5.41, 5.74) is 2.27. The Bertz CT molecular complexity index is 1040. The number of thioether (sulfide) groups is 1. The van der Waals surface area contributed by atoms with Crippen LogP contribution in [0.3, 0.4) is 0 Å². The van der Waals surface area contributed by atoms with Gasteiger partial charge in [-0.3, -0.25) is 14.6 Å². The third-order valence-electron chi connectivity index (χ3n) is 5.85. The molecule has 3 atom stereocenters. The van der Waals surface area contributed by atoms with Gasteiger partial charge < -0.3 is 19.9 Å². The smallest absolute Gasteiger partial charge is 0.252 e. The van der Waals surface area contributed by atoms with Gasteiger partial charge in [0.1, 0.15) is 6.04 Å². The predicted octanol–water partition coefficient (Wildman–Crippen LogP) is 1.37. The van der Waals surface area contributed by atoms with E-state index in [2.05, 4.69) is 21.3 Å². The van der Waals surface area contributed by atoms with Crippen LogP contribution in [0.5, 0.6) is 0 Å². The van der Waals surface area contributed by atoms with Crippen molar-refractivity contribution in [1.82, 2.24) is 15.2 Å². The third kappa shape index (κ3) is 3.46. The molecule has 2 aromatic rings. The number of ether oxygens (including phenoxy) is 1. The normalized spacial score (nSPS) is 25.0. The highest BCUT2D eigenvalue weighted by molar-refractivity contribution is 7.99. The molecule has 2 bridgehead atoms. The van der Waals surface area contributed by atoms with E-state index < -0.39 is 6.04 Å². The van der Waals surface area contributed by atoms with E-state index in [4.69, 9.17) is 10.00 Å². The SMILES string of the molecule is N#C[C@@H]1CSCN1C(=O)CNC(=O)c1ccnc2ccc(N3CC4CC(C3)O4)cc12. The standard InChI is InChI=1S/C21H21N5O3S/c22-7-14-11-30-12-26(14)20(27)8-24-21(28)17-3-4-23-19-2-1-13(5-18(17)19)25-9-15-6-16(10-25)29-15/h1-5,14-16H,6,8-12H2,(H,24,28)/t14-,15?,16?/m1/s1. The number of nitriles is 1. The highest BCUT2D eigenvalue weighted by Crippen LogP contribution is 2.32. The van der Waals surface area contributed by atoms with E-state index >= 15 is 0 Å². The van der Waals surface area contributed by atoms with Crippen molar-refractivity contribution < 1.29 is 14.3 Å². The van der Waals surface area contributed by atoms with E-state index in [1.807, 2.05) is 18.2 Å². The molecule has 4 saturated heterocycles. The molecule has 4 aliphatic rings. The molecule has 0 spiro atoms. The third-order valence-corrected chi connectivity index (χ3v) is 6.86. The lowest BCUT2D eigenvalue weighted by molar-refractivity contribution is -0.133. The number of pyridine rings is 1. The molecule has 0 aliphatic carbocycles. The Balaban J connectivity index is 1.33. The molecule has 30 heavy (non-hydrogen) atoms. The van der Waals surface area contributed by atoms with Gasteiger partial charge in [0.2, 0.25) is 5.91 Å². The first-order valence-electron chi connectivity index (χ1n) is 9.96. The molecular formula is C21H21N5O3S. The molecule has 2 unspecified atom stereocenters. The number of amides is 2. The summed E-state index contributed by atoms with van der Waals surface area (Å²) in [4.78, 5) is 33.5. The number of nitrogens with one attached hydrogen (secondary N) is 1. The molecule has 0 saturated carbocycles. The summed E-state index contributed by atoms with van der Waals surface area (Å²) >= 11 is 1.54. The molecule has 6 rings (SSSR count). The maximum absolute atomic E-state index is 12.9. The number of hydrogen-bond acceptors (Lipinski definition) is 7. The first-order chi connectivity index (χ1) is 14.6. The molecule has 1 aromatic heterocycles. The number of piperidine rings is 1. The molecule has 8 nitrogen and oxygen atoms in total. The number of aromatic nitrogens is 1. The van der Waals surface area contributed by atoms with Crippen LogP contribution in [0.1, 0.15) is 16.8 Å². The van der Waals surface area contributed by atoms with Gasteiger partial charge in [0, 0.05) is 42.5 Å². The van der Waals surface area contributed by atoms with Crippen LogP contribution in [0.2, 0.25) is 0 Å². The average molecular weight is 423 g/mol. The van der Waals surface area contributed by atoms with Crippen LogP contribution >= 0.6 is 11.8 Å². The maximum atomic E-state index is 12.9. The lowest BCUT2D eigenvalue weighted by Gasteiger charge is -2.48. The lowest BCUT2D eigenvalue weighted by Crippen LogP contribution is -2.57. The summed E-state index contributed by atoms with van der Waals surface area (Å²) in [7, 11) is 0.